The summed E-state index contributed by atoms with van der Waals surface area (Å²) in [7, 11) is 0. The Balaban J connectivity index is 2.48. The molecule has 2 rings (SSSR count). The molecule has 1 atom stereocenters. The number of aryl methyl sites for hydroxylation is 1. The van der Waals surface area contributed by atoms with Crippen molar-refractivity contribution in [3.05, 3.63) is 29.3 Å². The number of benzene rings is 1. The van der Waals surface area contributed by atoms with Crippen molar-refractivity contribution in [2.45, 2.75) is 26.3 Å². The molecule has 0 bridgehead atoms. The van der Waals surface area contributed by atoms with Gasteiger partial charge in [0.25, 0.3) is 0 Å². The van der Waals surface area contributed by atoms with Crippen LogP contribution in [-0.4, -0.2) is 0 Å². The zero-order valence-corrected chi connectivity index (χ0v) is 7.41. The third kappa shape index (κ3) is 1.04. The summed E-state index contributed by atoms with van der Waals surface area (Å²) in [4.78, 5) is 0. The third-order valence-corrected chi connectivity index (χ3v) is 2.29. The van der Waals surface area contributed by atoms with Gasteiger partial charge in [-0.15, -0.1) is 0 Å². The van der Waals surface area contributed by atoms with Crippen molar-refractivity contribution >= 4 is 5.69 Å². The van der Waals surface area contributed by atoms with Crippen LogP contribution in [0.4, 0.5) is 5.69 Å². The van der Waals surface area contributed by atoms with Crippen LogP contribution >= 0.6 is 0 Å². The lowest BCUT2D eigenvalue weighted by Crippen LogP contribution is -1.86. The Labute approximate surface area is 72.3 Å². The molecular formula is C10H12N2. The zero-order valence-electron chi connectivity index (χ0n) is 7.41. The van der Waals surface area contributed by atoms with Crippen LogP contribution in [0.1, 0.15) is 31.0 Å². The van der Waals surface area contributed by atoms with Crippen molar-refractivity contribution in [2.75, 3.05) is 0 Å². The molecule has 1 unspecified atom stereocenters. The fraction of sp³-hybridized carbons (Fsp3) is 0.400. The Bertz CT molecular complexity index is 329. The number of hydrogen-bond donors (Lipinski definition) is 0. The Morgan fingerprint density at radius 2 is 2.25 bits per heavy atom. The Morgan fingerprint density at radius 3 is 3.00 bits per heavy atom. The number of hydrogen-bond acceptors (Lipinski definition) is 2. The predicted molar refractivity (Wildman–Crippen MR) is 48.8 cm³/mol. The first-order valence-electron chi connectivity index (χ1n) is 4.35. The van der Waals surface area contributed by atoms with Crippen LogP contribution in [0.15, 0.2) is 28.4 Å². The van der Waals surface area contributed by atoms with E-state index >= 15 is 0 Å². The van der Waals surface area contributed by atoms with E-state index in [1.807, 2.05) is 0 Å². The first-order valence-corrected chi connectivity index (χ1v) is 4.35. The molecule has 62 valence electrons. The van der Waals surface area contributed by atoms with Crippen molar-refractivity contribution in [2.24, 2.45) is 10.2 Å². The molecule has 0 aromatic heterocycles. The highest BCUT2D eigenvalue weighted by Gasteiger charge is 2.15. The van der Waals surface area contributed by atoms with Gasteiger partial charge >= 0.3 is 0 Å². The minimum atomic E-state index is 0.256. The fourth-order valence-electron chi connectivity index (χ4n) is 1.46. The van der Waals surface area contributed by atoms with E-state index in [4.69, 9.17) is 0 Å². The standard InChI is InChI=1S/C10H12N2/c1-3-8-4-5-10-9(6-8)7(2)11-12-10/h4-7H,3H2,1-2H3. The summed E-state index contributed by atoms with van der Waals surface area (Å²) in [6.07, 6.45) is 1.08. The molecule has 0 fully saturated rings. The smallest absolute Gasteiger partial charge is 0.0955 e. The molecule has 0 spiro atoms. The van der Waals surface area contributed by atoms with E-state index < -0.39 is 0 Å². The maximum absolute atomic E-state index is 4.10. The van der Waals surface area contributed by atoms with Crippen LogP contribution in [0.3, 0.4) is 0 Å². The molecule has 1 heterocycles. The van der Waals surface area contributed by atoms with Gasteiger partial charge in [-0.05, 0) is 25.0 Å². The first-order chi connectivity index (χ1) is 5.81. The lowest BCUT2D eigenvalue weighted by molar-refractivity contribution is 0.810. The van der Waals surface area contributed by atoms with Gasteiger partial charge in [-0.25, -0.2) is 0 Å². The van der Waals surface area contributed by atoms with E-state index in [2.05, 4.69) is 42.3 Å². The molecule has 0 radical (unpaired) electrons. The second kappa shape index (κ2) is 2.70. The van der Waals surface area contributed by atoms with Gasteiger partial charge in [0.15, 0.2) is 0 Å². The number of fused-ring (bicyclic) bond motifs is 1. The van der Waals surface area contributed by atoms with Crippen LogP contribution in [0.2, 0.25) is 0 Å². The summed E-state index contributed by atoms with van der Waals surface area (Å²) in [5.74, 6) is 0. The highest BCUT2D eigenvalue weighted by molar-refractivity contribution is 5.51. The summed E-state index contributed by atoms with van der Waals surface area (Å²) >= 11 is 0. The van der Waals surface area contributed by atoms with Crippen molar-refractivity contribution < 1.29 is 0 Å². The highest BCUT2D eigenvalue weighted by Crippen LogP contribution is 2.35. The largest absolute Gasteiger partial charge is 0.181 e. The molecule has 1 aliphatic heterocycles. The Morgan fingerprint density at radius 1 is 1.42 bits per heavy atom. The van der Waals surface area contributed by atoms with Gasteiger partial charge in [0.2, 0.25) is 0 Å². The van der Waals surface area contributed by atoms with Crippen molar-refractivity contribution in [1.82, 2.24) is 0 Å². The first kappa shape index (κ1) is 7.47. The maximum Gasteiger partial charge on any atom is 0.0955 e. The molecule has 1 aromatic rings. The van der Waals surface area contributed by atoms with E-state index in [0.29, 0.717) is 0 Å². The minimum absolute atomic E-state index is 0.256. The van der Waals surface area contributed by atoms with Gasteiger partial charge in [0.05, 0.1) is 11.7 Å². The average Bonchev–Trinajstić information content (AvgIpc) is 2.47. The molecule has 0 saturated carbocycles. The lowest BCUT2D eigenvalue weighted by Gasteiger charge is -2.02. The normalized spacial score (nSPS) is 19.7. The van der Waals surface area contributed by atoms with Crippen LogP contribution in [0.25, 0.3) is 0 Å². The SMILES string of the molecule is CCc1ccc2c(c1)C(C)N=N2. The molecule has 2 heteroatoms. The van der Waals surface area contributed by atoms with Crippen LogP contribution < -0.4 is 0 Å². The van der Waals surface area contributed by atoms with Crippen molar-refractivity contribution in [3.8, 4) is 0 Å². The second-order valence-electron chi connectivity index (χ2n) is 3.14. The molecule has 0 saturated heterocycles. The third-order valence-electron chi connectivity index (χ3n) is 2.29. The van der Waals surface area contributed by atoms with E-state index in [9.17, 15) is 0 Å². The van der Waals surface area contributed by atoms with E-state index in [0.717, 1.165) is 12.1 Å². The van der Waals surface area contributed by atoms with Crippen LogP contribution in [-0.2, 0) is 6.42 Å². The topological polar surface area (TPSA) is 24.7 Å². The second-order valence-corrected chi connectivity index (χ2v) is 3.14. The fourth-order valence-corrected chi connectivity index (χ4v) is 1.46. The van der Waals surface area contributed by atoms with E-state index in [1.165, 1.54) is 11.1 Å². The van der Waals surface area contributed by atoms with Gasteiger partial charge in [-0.1, -0.05) is 19.1 Å². The number of azo groups is 1. The van der Waals surface area contributed by atoms with E-state index in [1.54, 1.807) is 0 Å². The highest BCUT2D eigenvalue weighted by atomic mass is 15.2. The van der Waals surface area contributed by atoms with Gasteiger partial charge in [0.1, 0.15) is 0 Å². The van der Waals surface area contributed by atoms with Crippen molar-refractivity contribution in [3.63, 3.8) is 0 Å². The molecule has 0 N–H and O–H groups in total. The summed E-state index contributed by atoms with van der Waals surface area (Å²) in [6, 6.07) is 6.64. The van der Waals surface area contributed by atoms with Crippen molar-refractivity contribution in [1.29, 1.82) is 0 Å². The molecule has 0 amide bonds. The number of nitrogens with zero attached hydrogens (tertiary/aromatic N) is 2. The molecular weight excluding hydrogens is 148 g/mol. The van der Waals surface area contributed by atoms with Crippen LogP contribution in [0.5, 0.6) is 0 Å². The zero-order chi connectivity index (χ0) is 8.55. The minimum Gasteiger partial charge on any atom is -0.181 e. The Hall–Kier alpha value is -1.18. The van der Waals surface area contributed by atoms with Gasteiger partial charge in [-0.2, -0.15) is 10.2 Å². The summed E-state index contributed by atoms with van der Waals surface area (Å²) < 4.78 is 0. The summed E-state index contributed by atoms with van der Waals surface area (Å²) in [6.45, 7) is 4.24. The lowest BCUT2D eigenvalue weighted by atomic mass is 10.0. The Kier molecular flexibility index (Phi) is 1.68. The molecule has 1 aromatic carbocycles. The molecule has 2 nitrogen and oxygen atoms in total. The number of rotatable bonds is 1. The molecule has 12 heavy (non-hydrogen) atoms. The van der Waals surface area contributed by atoms with Gasteiger partial charge < -0.3 is 0 Å². The average molecular weight is 160 g/mol. The van der Waals surface area contributed by atoms with Crippen LogP contribution in [0, 0.1) is 0 Å². The predicted octanol–water partition coefficient (Wildman–Crippen LogP) is 3.41. The van der Waals surface area contributed by atoms with Gasteiger partial charge in [-0.3, -0.25) is 0 Å². The molecule has 1 aliphatic rings. The van der Waals surface area contributed by atoms with Gasteiger partial charge in [0, 0.05) is 5.56 Å². The maximum atomic E-state index is 4.10. The quantitative estimate of drug-likeness (QED) is 0.601. The van der Waals surface area contributed by atoms with E-state index in [-0.39, 0.29) is 6.04 Å². The monoisotopic (exact) mass is 160 g/mol. The molecule has 0 aliphatic carbocycles. The summed E-state index contributed by atoms with van der Waals surface area (Å²) in [5, 5.41) is 8.19. The summed E-state index contributed by atoms with van der Waals surface area (Å²) in [5.41, 5.74) is 3.68.